The zero-order valence-corrected chi connectivity index (χ0v) is 10.2. The van der Waals surface area contributed by atoms with E-state index in [9.17, 15) is 4.79 Å². The van der Waals surface area contributed by atoms with E-state index in [0.717, 1.165) is 12.8 Å². The van der Waals surface area contributed by atoms with Gasteiger partial charge in [0, 0.05) is 5.56 Å². The fraction of sp³-hybridized carbons (Fsp3) is 0.500. The Morgan fingerprint density at radius 1 is 1.29 bits per heavy atom. The smallest absolute Gasteiger partial charge is 0.248 e. The summed E-state index contributed by atoms with van der Waals surface area (Å²) in [6, 6.07) is 7.65. The van der Waals surface area contributed by atoms with Gasteiger partial charge in [0.1, 0.15) is 0 Å². The van der Waals surface area contributed by atoms with Crippen LogP contribution in [0.3, 0.4) is 0 Å². The molecule has 0 aliphatic carbocycles. The zero-order chi connectivity index (χ0) is 12.1. The standard InChI is InChI=1S/C14H20N2O/c15-14(17)13-7-3-5-12(11-13)6-4-10-16-8-1-2-9-16/h3,5,7,11H,1-2,4,6,8-10H2,(H2,15,17). The van der Waals surface area contributed by atoms with E-state index >= 15 is 0 Å². The van der Waals surface area contributed by atoms with E-state index in [1.165, 1.54) is 38.0 Å². The molecule has 0 spiro atoms. The molecule has 2 rings (SSSR count). The van der Waals surface area contributed by atoms with E-state index < -0.39 is 0 Å². The molecule has 0 bridgehead atoms. The molecule has 1 saturated heterocycles. The lowest BCUT2D eigenvalue weighted by Crippen LogP contribution is -2.20. The summed E-state index contributed by atoms with van der Waals surface area (Å²) in [4.78, 5) is 13.6. The van der Waals surface area contributed by atoms with Crippen LogP contribution in [0.2, 0.25) is 0 Å². The summed E-state index contributed by atoms with van der Waals surface area (Å²) in [5.74, 6) is -0.341. The number of nitrogens with two attached hydrogens (primary N) is 1. The summed E-state index contributed by atoms with van der Waals surface area (Å²) in [7, 11) is 0. The molecule has 1 fully saturated rings. The lowest BCUT2D eigenvalue weighted by atomic mass is 10.1. The predicted octanol–water partition coefficient (Wildman–Crippen LogP) is 1.81. The SMILES string of the molecule is NC(=O)c1cccc(CCCN2CCCC2)c1. The van der Waals surface area contributed by atoms with Crippen molar-refractivity contribution in [3.8, 4) is 0 Å². The van der Waals surface area contributed by atoms with Crippen LogP contribution in [0.15, 0.2) is 24.3 Å². The van der Waals surface area contributed by atoms with Gasteiger partial charge in [0.2, 0.25) is 5.91 Å². The van der Waals surface area contributed by atoms with Gasteiger partial charge in [0.25, 0.3) is 0 Å². The predicted molar refractivity (Wildman–Crippen MR) is 69.0 cm³/mol. The van der Waals surface area contributed by atoms with Crippen LogP contribution < -0.4 is 5.73 Å². The molecule has 1 amide bonds. The number of primary amides is 1. The second-order valence-electron chi connectivity index (χ2n) is 4.72. The number of aryl methyl sites for hydroxylation is 1. The van der Waals surface area contributed by atoms with E-state index in [0.29, 0.717) is 5.56 Å². The van der Waals surface area contributed by atoms with Gasteiger partial charge in [0.15, 0.2) is 0 Å². The highest BCUT2D eigenvalue weighted by atomic mass is 16.1. The van der Waals surface area contributed by atoms with E-state index in [4.69, 9.17) is 5.73 Å². The van der Waals surface area contributed by atoms with E-state index in [-0.39, 0.29) is 5.91 Å². The number of nitrogens with zero attached hydrogens (tertiary/aromatic N) is 1. The van der Waals surface area contributed by atoms with Crippen molar-refractivity contribution in [3.63, 3.8) is 0 Å². The fourth-order valence-corrected chi connectivity index (χ4v) is 2.39. The Labute approximate surface area is 103 Å². The molecule has 0 unspecified atom stereocenters. The molecule has 0 atom stereocenters. The molecule has 2 N–H and O–H groups in total. The normalized spacial score (nSPS) is 16.2. The van der Waals surface area contributed by atoms with Crippen molar-refractivity contribution in [2.45, 2.75) is 25.7 Å². The van der Waals surface area contributed by atoms with Crippen molar-refractivity contribution in [3.05, 3.63) is 35.4 Å². The molecule has 3 heteroatoms. The zero-order valence-electron chi connectivity index (χ0n) is 10.2. The first-order valence-corrected chi connectivity index (χ1v) is 6.37. The van der Waals surface area contributed by atoms with Gasteiger partial charge >= 0.3 is 0 Å². The van der Waals surface area contributed by atoms with E-state index in [1.54, 1.807) is 6.07 Å². The highest BCUT2D eigenvalue weighted by molar-refractivity contribution is 5.92. The Morgan fingerprint density at radius 2 is 2.06 bits per heavy atom. The maximum Gasteiger partial charge on any atom is 0.248 e. The monoisotopic (exact) mass is 232 g/mol. The maximum atomic E-state index is 11.1. The van der Waals surface area contributed by atoms with Gasteiger partial charge in [-0.3, -0.25) is 4.79 Å². The van der Waals surface area contributed by atoms with Crippen LogP contribution >= 0.6 is 0 Å². The molecule has 0 aromatic heterocycles. The van der Waals surface area contributed by atoms with Crippen molar-refractivity contribution < 1.29 is 4.79 Å². The molecule has 1 aromatic rings. The van der Waals surface area contributed by atoms with Crippen LogP contribution in [0, 0.1) is 0 Å². The number of hydrogen-bond donors (Lipinski definition) is 1. The Balaban J connectivity index is 1.81. The first-order valence-electron chi connectivity index (χ1n) is 6.37. The largest absolute Gasteiger partial charge is 0.366 e. The van der Waals surface area contributed by atoms with Crippen LogP contribution in [0.1, 0.15) is 35.2 Å². The molecule has 1 aliphatic rings. The Kier molecular flexibility index (Phi) is 4.15. The lowest BCUT2D eigenvalue weighted by molar-refractivity contribution is 0.1000. The Hall–Kier alpha value is -1.35. The number of amides is 1. The number of benzene rings is 1. The fourth-order valence-electron chi connectivity index (χ4n) is 2.39. The van der Waals surface area contributed by atoms with Gasteiger partial charge in [-0.05, 0) is 63.0 Å². The van der Waals surface area contributed by atoms with Crippen molar-refractivity contribution in [1.82, 2.24) is 4.90 Å². The quantitative estimate of drug-likeness (QED) is 0.841. The number of rotatable bonds is 5. The minimum absolute atomic E-state index is 0.341. The molecule has 17 heavy (non-hydrogen) atoms. The molecule has 0 saturated carbocycles. The number of likely N-dealkylation sites (tertiary alicyclic amines) is 1. The topological polar surface area (TPSA) is 46.3 Å². The van der Waals surface area contributed by atoms with Gasteiger partial charge in [0.05, 0.1) is 0 Å². The maximum absolute atomic E-state index is 11.1. The third-order valence-corrected chi connectivity index (χ3v) is 3.35. The van der Waals surface area contributed by atoms with Gasteiger partial charge in [-0.15, -0.1) is 0 Å². The minimum Gasteiger partial charge on any atom is -0.366 e. The van der Waals surface area contributed by atoms with Crippen LogP contribution in [0.25, 0.3) is 0 Å². The summed E-state index contributed by atoms with van der Waals surface area (Å²) in [6.07, 6.45) is 4.87. The highest BCUT2D eigenvalue weighted by Crippen LogP contribution is 2.11. The van der Waals surface area contributed by atoms with Crippen molar-refractivity contribution >= 4 is 5.91 Å². The third kappa shape index (κ3) is 3.56. The van der Waals surface area contributed by atoms with Crippen LogP contribution in [0.5, 0.6) is 0 Å². The number of carbonyl (C=O) groups is 1. The lowest BCUT2D eigenvalue weighted by Gasteiger charge is -2.13. The number of carbonyl (C=O) groups excluding carboxylic acids is 1. The minimum atomic E-state index is -0.341. The first-order chi connectivity index (χ1) is 8.25. The Morgan fingerprint density at radius 3 is 2.76 bits per heavy atom. The van der Waals surface area contributed by atoms with Crippen molar-refractivity contribution in [2.24, 2.45) is 5.73 Å². The molecule has 1 aromatic carbocycles. The molecular formula is C14H20N2O. The summed E-state index contributed by atoms with van der Waals surface area (Å²) in [5, 5.41) is 0. The van der Waals surface area contributed by atoms with E-state index in [2.05, 4.69) is 11.0 Å². The summed E-state index contributed by atoms with van der Waals surface area (Å²) in [6.45, 7) is 3.67. The van der Waals surface area contributed by atoms with Gasteiger partial charge < -0.3 is 10.6 Å². The molecule has 1 heterocycles. The van der Waals surface area contributed by atoms with Crippen LogP contribution in [-0.2, 0) is 6.42 Å². The molecule has 92 valence electrons. The average Bonchev–Trinajstić information content (AvgIpc) is 2.82. The van der Waals surface area contributed by atoms with Gasteiger partial charge in [-0.2, -0.15) is 0 Å². The van der Waals surface area contributed by atoms with Gasteiger partial charge in [-0.1, -0.05) is 12.1 Å². The summed E-state index contributed by atoms with van der Waals surface area (Å²) < 4.78 is 0. The second-order valence-corrected chi connectivity index (χ2v) is 4.72. The van der Waals surface area contributed by atoms with Crippen LogP contribution in [0.4, 0.5) is 0 Å². The summed E-state index contributed by atoms with van der Waals surface area (Å²) >= 11 is 0. The number of hydrogen-bond acceptors (Lipinski definition) is 2. The Bertz CT molecular complexity index is 384. The summed E-state index contributed by atoms with van der Waals surface area (Å²) in [5.41, 5.74) is 7.09. The molecule has 0 radical (unpaired) electrons. The van der Waals surface area contributed by atoms with Crippen LogP contribution in [-0.4, -0.2) is 30.4 Å². The first kappa shape index (κ1) is 12.1. The van der Waals surface area contributed by atoms with Gasteiger partial charge in [-0.25, -0.2) is 0 Å². The highest BCUT2D eigenvalue weighted by Gasteiger charge is 2.10. The van der Waals surface area contributed by atoms with E-state index in [1.807, 2.05) is 12.1 Å². The van der Waals surface area contributed by atoms with Crippen molar-refractivity contribution in [2.75, 3.05) is 19.6 Å². The third-order valence-electron chi connectivity index (χ3n) is 3.35. The van der Waals surface area contributed by atoms with Crippen molar-refractivity contribution in [1.29, 1.82) is 0 Å². The molecule has 1 aliphatic heterocycles. The second kappa shape index (κ2) is 5.82. The average molecular weight is 232 g/mol. The molecule has 3 nitrogen and oxygen atoms in total. The molecular weight excluding hydrogens is 212 g/mol.